The van der Waals surface area contributed by atoms with Crippen molar-refractivity contribution in [3.8, 4) is 0 Å². The zero-order chi connectivity index (χ0) is 16.9. The van der Waals surface area contributed by atoms with Gasteiger partial charge in [-0.3, -0.25) is 9.71 Å². The summed E-state index contributed by atoms with van der Waals surface area (Å²) >= 11 is 0. The third-order valence-electron chi connectivity index (χ3n) is 4.70. The first-order valence-corrected chi connectivity index (χ1v) is 9.43. The van der Waals surface area contributed by atoms with E-state index in [-0.39, 0.29) is 21.8 Å². The summed E-state index contributed by atoms with van der Waals surface area (Å²) < 4.78 is 26.8. The van der Waals surface area contributed by atoms with Crippen LogP contribution in [0.3, 0.4) is 0 Å². The molecule has 0 radical (unpaired) electrons. The maximum absolute atomic E-state index is 12.1. The Morgan fingerprint density at radius 1 is 1.26 bits per heavy atom. The highest BCUT2D eigenvalue weighted by molar-refractivity contribution is 7.90. The fraction of sp³-hybridized carbons (Fsp3) is 0.588. The van der Waals surface area contributed by atoms with Crippen molar-refractivity contribution in [1.29, 1.82) is 0 Å². The van der Waals surface area contributed by atoms with Crippen LogP contribution >= 0.6 is 0 Å². The Balaban J connectivity index is 1.87. The molecule has 1 aliphatic heterocycles. The normalized spacial score (nSPS) is 33.2. The fourth-order valence-corrected chi connectivity index (χ4v) is 5.47. The number of fused-ring (bicyclic) bond motifs is 1. The van der Waals surface area contributed by atoms with Gasteiger partial charge in [0.25, 0.3) is 10.0 Å². The number of aliphatic hydroxyl groups is 1. The minimum absolute atomic E-state index is 0.0691. The Morgan fingerprint density at radius 2 is 1.96 bits per heavy atom. The summed E-state index contributed by atoms with van der Waals surface area (Å²) in [6.07, 6.45) is 2.13. The smallest absolute Gasteiger partial charge is 0.263 e. The molecule has 2 N–H and O–H groups in total. The summed E-state index contributed by atoms with van der Waals surface area (Å²) in [5.41, 5.74) is 0.573. The third kappa shape index (κ3) is 3.28. The van der Waals surface area contributed by atoms with Gasteiger partial charge in [-0.1, -0.05) is 32.9 Å². The highest BCUT2D eigenvalue weighted by Gasteiger charge is 2.41. The second kappa shape index (κ2) is 5.31. The Bertz CT molecular complexity index is 755. The number of nitrogens with one attached hydrogen (secondary N) is 1. The molecular formula is C17H24N2O3S. The van der Waals surface area contributed by atoms with Crippen molar-refractivity contribution in [1.82, 2.24) is 4.72 Å². The lowest BCUT2D eigenvalue weighted by Crippen LogP contribution is -2.40. The lowest BCUT2D eigenvalue weighted by Gasteiger charge is -2.44. The average molecular weight is 336 g/mol. The Morgan fingerprint density at radius 3 is 2.65 bits per heavy atom. The number of hydrogen-bond acceptors (Lipinski definition) is 4. The van der Waals surface area contributed by atoms with Gasteiger partial charge < -0.3 is 5.11 Å². The molecule has 2 aliphatic rings. The van der Waals surface area contributed by atoms with E-state index in [1.165, 1.54) is 0 Å². The molecule has 0 spiro atoms. The number of aliphatic imine (C=N–C) groups is 1. The molecule has 2 atom stereocenters. The van der Waals surface area contributed by atoms with E-state index in [0.717, 1.165) is 12.8 Å². The van der Waals surface area contributed by atoms with Gasteiger partial charge >= 0.3 is 0 Å². The molecular weight excluding hydrogens is 312 g/mol. The van der Waals surface area contributed by atoms with E-state index in [9.17, 15) is 13.5 Å². The van der Waals surface area contributed by atoms with Gasteiger partial charge in [0.15, 0.2) is 0 Å². The second-order valence-corrected chi connectivity index (χ2v) is 9.63. The summed E-state index contributed by atoms with van der Waals surface area (Å²) in [5.74, 6) is 0.416. The highest BCUT2D eigenvalue weighted by atomic mass is 32.2. The number of aliphatic hydroxyl groups excluding tert-OH is 1. The molecule has 1 aliphatic carbocycles. The van der Waals surface area contributed by atoms with E-state index >= 15 is 0 Å². The number of nitrogens with zero attached hydrogens (tertiary/aromatic N) is 1. The van der Waals surface area contributed by atoms with Crippen molar-refractivity contribution < 1.29 is 13.5 Å². The first-order valence-electron chi connectivity index (χ1n) is 7.95. The minimum atomic E-state index is -3.49. The van der Waals surface area contributed by atoms with Crippen LogP contribution in [-0.4, -0.2) is 32.0 Å². The zero-order valence-electron chi connectivity index (χ0n) is 13.8. The molecule has 1 heterocycles. The SMILES string of the molecule is CC1(C)CC(O)CC(C)(CN=C2NS(=O)(=O)c3ccccc32)C1. The molecule has 126 valence electrons. The average Bonchev–Trinajstić information content (AvgIpc) is 2.66. The first-order chi connectivity index (χ1) is 10.6. The number of hydrogen-bond donors (Lipinski definition) is 2. The van der Waals surface area contributed by atoms with E-state index in [4.69, 9.17) is 0 Å². The van der Waals surface area contributed by atoms with Gasteiger partial charge in [0.05, 0.1) is 11.0 Å². The maximum atomic E-state index is 12.1. The molecule has 1 saturated carbocycles. The minimum Gasteiger partial charge on any atom is -0.393 e. The topological polar surface area (TPSA) is 78.8 Å². The van der Waals surface area contributed by atoms with Crippen molar-refractivity contribution in [2.45, 2.75) is 51.0 Å². The van der Waals surface area contributed by atoms with Gasteiger partial charge in [0.2, 0.25) is 0 Å². The molecule has 0 saturated heterocycles. The largest absolute Gasteiger partial charge is 0.393 e. The molecule has 0 aromatic heterocycles. The molecule has 1 aromatic carbocycles. The lowest BCUT2D eigenvalue weighted by molar-refractivity contribution is -0.00478. The molecule has 1 fully saturated rings. The Hall–Kier alpha value is -1.40. The van der Waals surface area contributed by atoms with Crippen LogP contribution in [0, 0.1) is 10.8 Å². The van der Waals surface area contributed by atoms with Crippen LogP contribution in [0.1, 0.15) is 45.6 Å². The summed E-state index contributed by atoms with van der Waals surface area (Å²) in [4.78, 5) is 4.86. The molecule has 3 rings (SSSR count). The Labute approximate surface area is 137 Å². The van der Waals surface area contributed by atoms with Crippen molar-refractivity contribution in [3.63, 3.8) is 0 Å². The van der Waals surface area contributed by atoms with Crippen molar-refractivity contribution in [3.05, 3.63) is 29.8 Å². The van der Waals surface area contributed by atoms with Crippen LogP contribution in [0.5, 0.6) is 0 Å². The zero-order valence-corrected chi connectivity index (χ0v) is 14.7. The number of amidine groups is 1. The van der Waals surface area contributed by atoms with Gasteiger partial charge in [-0.25, -0.2) is 8.42 Å². The third-order valence-corrected chi connectivity index (χ3v) is 6.10. The van der Waals surface area contributed by atoms with Crippen molar-refractivity contribution in [2.24, 2.45) is 15.8 Å². The van der Waals surface area contributed by atoms with Crippen LogP contribution in [-0.2, 0) is 10.0 Å². The number of sulfonamides is 1. The standard InChI is InChI=1S/C17H24N2O3S/c1-16(2)8-12(20)9-17(3,10-16)11-18-15-13-6-4-5-7-14(13)23(21,22)19-15/h4-7,12,20H,8-11H2,1-3H3,(H,18,19). The highest BCUT2D eigenvalue weighted by Crippen LogP contribution is 2.46. The summed E-state index contributed by atoms with van der Waals surface area (Å²) in [7, 11) is -3.49. The predicted molar refractivity (Wildman–Crippen MR) is 89.9 cm³/mol. The van der Waals surface area contributed by atoms with Crippen LogP contribution in [0.4, 0.5) is 0 Å². The van der Waals surface area contributed by atoms with E-state index < -0.39 is 10.0 Å². The van der Waals surface area contributed by atoms with Crippen molar-refractivity contribution >= 4 is 15.9 Å². The second-order valence-electron chi connectivity index (χ2n) is 7.98. The molecule has 0 bridgehead atoms. The number of benzene rings is 1. The van der Waals surface area contributed by atoms with E-state index in [1.807, 2.05) is 6.07 Å². The maximum Gasteiger partial charge on any atom is 0.263 e. The van der Waals surface area contributed by atoms with Gasteiger partial charge in [-0.2, -0.15) is 0 Å². The molecule has 0 amide bonds. The quantitative estimate of drug-likeness (QED) is 0.870. The van der Waals surface area contributed by atoms with Gasteiger partial charge in [0, 0.05) is 12.1 Å². The fourth-order valence-electron chi connectivity index (χ4n) is 4.22. The van der Waals surface area contributed by atoms with Crippen LogP contribution in [0.15, 0.2) is 34.2 Å². The van der Waals surface area contributed by atoms with Crippen LogP contribution in [0.2, 0.25) is 0 Å². The Kier molecular flexibility index (Phi) is 3.80. The van der Waals surface area contributed by atoms with Crippen molar-refractivity contribution in [2.75, 3.05) is 6.54 Å². The lowest BCUT2D eigenvalue weighted by atomic mass is 9.63. The molecule has 5 nitrogen and oxygen atoms in total. The molecule has 1 aromatic rings. The van der Waals surface area contributed by atoms with E-state index in [1.54, 1.807) is 18.2 Å². The van der Waals surface area contributed by atoms with Gasteiger partial charge in [-0.15, -0.1) is 0 Å². The summed E-state index contributed by atoms with van der Waals surface area (Å²) in [5, 5.41) is 10.2. The van der Waals surface area contributed by atoms with Gasteiger partial charge in [-0.05, 0) is 42.2 Å². The van der Waals surface area contributed by atoms with Gasteiger partial charge in [0.1, 0.15) is 5.84 Å². The number of rotatable bonds is 2. The first kappa shape index (κ1) is 16.5. The monoisotopic (exact) mass is 336 g/mol. The molecule has 2 unspecified atom stereocenters. The van der Waals surface area contributed by atoms with E-state index in [2.05, 4.69) is 30.5 Å². The van der Waals surface area contributed by atoms with Crippen LogP contribution < -0.4 is 4.72 Å². The summed E-state index contributed by atoms with van der Waals surface area (Å²) in [6, 6.07) is 6.89. The van der Waals surface area contributed by atoms with Crippen LogP contribution in [0.25, 0.3) is 0 Å². The predicted octanol–water partition coefficient (Wildman–Crippen LogP) is 2.30. The summed E-state index contributed by atoms with van der Waals surface area (Å²) in [6.45, 7) is 6.94. The van der Waals surface area contributed by atoms with E-state index in [0.29, 0.717) is 24.4 Å². The molecule has 23 heavy (non-hydrogen) atoms. The molecule has 6 heteroatoms.